The van der Waals surface area contributed by atoms with E-state index in [1.165, 1.54) is 5.56 Å². The summed E-state index contributed by atoms with van der Waals surface area (Å²) in [6.07, 6.45) is 3.73. The number of benzene rings is 2. The van der Waals surface area contributed by atoms with Crippen LogP contribution in [0.15, 0.2) is 53.5 Å². The Kier molecular flexibility index (Phi) is 5.41. The minimum Gasteiger partial charge on any atom is -0.375 e. The molecule has 2 atom stereocenters. The first-order valence-electron chi connectivity index (χ1n) is 10.6. The first kappa shape index (κ1) is 21.0. The van der Waals surface area contributed by atoms with E-state index in [2.05, 4.69) is 50.2 Å². The zero-order valence-electron chi connectivity index (χ0n) is 18.4. The molecule has 3 aromatic rings. The number of halogens is 1. The summed E-state index contributed by atoms with van der Waals surface area (Å²) in [7, 11) is 3.99. The Bertz CT molecular complexity index is 1140. The summed E-state index contributed by atoms with van der Waals surface area (Å²) in [6.45, 7) is 6.66. The summed E-state index contributed by atoms with van der Waals surface area (Å²) in [5, 5.41) is 6.35. The maximum absolute atomic E-state index is 12.7. The Morgan fingerprint density at radius 2 is 1.77 bits per heavy atom. The standard InChI is InChI=1S/C25H30ClN3O/c1-16-14-25(15-17(2)29(16)5,22-7-6-8-23(26)18(22)3)27-20-10-9-19-11-12-28(4)24(30)21(19)13-20/h6-13,16-17,27H,14-15H2,1-5H3. The fourth-order valence-corrected chi connectivity index (χ4v) is 5.19. The molecule has 2 aromatic carbocycles. The number of hydrogen-bond donors (Lipinski definition) is 1. The van der Waals surface area contributed by atoms with Crippen LogP contribution in [0.1, 0.15) is 37.8 Å². The van der Waals surface area contributed by atoms with Gasteiger partial charge in [-0.25, -0.2) is 0 Å². The van der Waals surface area contributed by atoms with E-state index in [0.717, 1.165) is 39.9 Å². The highest BCUT2D eigenvalue weighted by Gasteiger charge is 2.42. The number of fused-ring (bicyclic) bond motifs is 1. The smallest absolute Gasteiger partial charge is 0.258 e. The van der Waals surface area contributed by atoms with Gasteiger partial charge in [0.1, 0.15) is 0 Å². The predicted molar refractivity (Wildman–Crippen MR) is 127 cm³/mol. The van der Waals surface area contributed by atoms with Gasteiger partial charge in [-0.05, 0) is 81.4 Å². The second kappa shape index (κ2) is 7.75. The maximum atomic E-state index is 12.7. The molecule has 1 fully saturated rings. The molecule has 5 heteroatoms. The molecule has 0 aliphatic carbocycles. The SMILES string of the molecule is Cc1c(Cl)cccc1C1(Nc2ccc3ccn(C)c(=O)c3c2)CC(C)N(C)C(C)C1. The van der Waals surface area contributed by atoms with E-state index in [1.54, 1.807) is 11.6 Å². The molecule has 2 unspecified atom stereocenters. The molecular weight excluding hydrogens is 394 g/mol. The van der Waals surface area contributed by atoms with Crippen LogP contribution in [0, 0.1) is 6.92 Å². The number of nitrogens with one attached hydrogen (secondary N) is 1. The summed E-state index contributed by atoms with van der Waals surface area (Å²) in [5.74, 6) is 0. The van der Waals surface area contributed by atoms with Crippen molar-refractivity contribution in [1.29, 1.82) is 0 Å². The molecule has 0 saturated carbocycles. The number of hydrogen-bond acceptors (Lipinski definition) is 3. The van der Waals surface area contributed by atoms with Gasteiger partial charge in [-0.15, -0.1) is 0 Å². The second-order valence-electron chi connectivity index (χ2n) is 8.93. The van der Waals surface area contributed by atoms with E-state index in [4.69, 9.17) is 11.6 Å². The van der Waals surface area contributed by atoms with E-state index in [0.29, 0.717) is 12.1 Å². The maximum Gasteiger partial charge on any atom is 0.258 e. The molecule has 1 N–H and O–H groups in total. The van der Waals surface area contributed by atoms with Gasteiger partial charge in [-0.3, -0.25) is 4.79 Å². The number of nitrogens with zero attached hydrogens (tertiary/aromatic N) is 2. The van der Waals surface area contributed by atoms with Crippen LogP contribution in [-0.4, -0.2) is 28.6 Å². The predicted octanol–water partition coefficient (Wildman–Crippen LogP) is 5.31. The van der Waals surface area contributed by atoms with Gasteiger partial charge in [0.2, 0.25) is 0 Å². The third-order valence-corrected chi connectivity index (χ3v) is 7.34. The first-order valence-corrected chi connectivity index (χ1v) is 10.9. The average molecular weight is 424 g/mol. The zero-order valence-corrected chi connectivity index (χ0v) is 19.1. The summed E-state index contributed by atoms with van der Waals surface area (Å²) >= 11 is 6.53. The molecule has 0 spiro atoms. The lowest BCUT2D eigenvalue weighted by atomic mass is 9.73. The van der Waals surface area contributed by atoms with E-state index in [9.17, 15) is 4.79 Å². The molecule has 158 valence electrons. The third kappa shape index (κ3) is 3.52. The molecule has 1 aromatic heterocycles. The van der Waals surface area contributed by atoms with Gasteiger partial charge in [0.05, 0.1) is 5.54 Å². The van der Waals surface area contributed by atoms with Crippen molar-refractivity contribution in [3.8, 4) is 0 Å². The Hall–Kier alpha value is -2.30. The van der Waals surface area contributed by atoms with Crippen molar-refractivity contribution >= 4 is 28.1 Å². The van der Waals surface area contributed by atoms with Crippen LogP contribution in [0.2, 0.25) is 5.02 Å². The van der Waals surface area contributed by atoms with Crippen LogP contribution >= 0.6 is 11.6 Å². The molecule has 1 aliphatic rings. The minimum absolute atomic E-state index is 0.0225. The second-order valence-corrected chi connectivity index (χ2v) is 9.33. The van der Waals surface area contributed by atoms with Gasteiger partial charge in [0, 0.05) is 41.4 Å². The Morgan fingerprint density at radius 1 is 1.07 bits per heavy atom. The first-order chi connectivity index (χ1) is 14.2. The van der Waals surface area contributed by atoms with Crippen LogP contribution < -0.4 is 10.9 Å². The van der Waals surface area contributed by atoms with Gasteiger partial charge in [-0.2, -0.15) is 0 Å². The van der Waals surface area contributed by atoms with E-state index >= 15 is 0 Å². The lowest BCUT2D eigenvalue weighted by molar-refractivity contribution is 0.0886. The normalized spacial score (nSPS) is 24.9. The van der Waals surface area contributed by atoms with E-state index in [-0.39, 0.29) is 11.1 Å². The topological polar surface area (TPSA) is 37.3 Å². The molecule has 30 heavy (non-hydrogen) atoms. The highest BCUT2D eigenvalue weighted by Crippen LogP contribution is 2.43. The fourth-order valence-electron chi connectivity index (χ4n) is 5.02. The molecule has 4 nitrogen and oxygen atoms in total. The van der Waals surface area contributed by atoms with Gasteiger partial charge in [0.15, 0.2) is 0 Å². The average Bonchev–Trinajstić information content (AvgIpc) is 2.71. The van der Waals surface area contributed by atoms with Crippen molar-refractivity contribution in [2.75, 3.05) is 12.4 Å². The minimum atomic E-state index is -0.256. The van der Waals surface area contributed by atoms with Crippen LogP contribution in [0.25, 0.3) is 10.8 Å². The fraction of sp³-hybridized carbons (Fsp3) is 0.400. The number of rotatable bonds is 3. The Labute approximate surface area is 183 Å². The molecule has 1 aliphatic heterocycles. The van der Waals surface area contributed by atoms with Crippen LogP contribution in [-0.2, 0) is 12.6 Å². The highest BCUT2D eigenvalue weighted by atomic mass is 35.5. The quantitative estimate of drug-likeness (QED) is 0.620. The highest BCUT2D eigenvalue weighted by molar-refractivity contribution is 6.31. The van der Waals surface area contributed by atoms with Crippen molar-refractivity contribution in [1.82, 2.24) is 9.47 Å². The molecule has 0 amide bonds. The van der Waals surface area contributed by atoms with Crippen molar-refractivity contribution in [3.63, 3.8) is 0 Å². The number of likely N-dealkylation sites (tertiary alicyclic amines) is 1. The van der Waals surface area contributed by atoms with Crippen molar-refractivity contribution < 1.29 is 0 Å². The lowest BCUT2D eigenvalue weighted by Crippen LogP contribution is -2.54. The summed E-state index contributed by atoms with van der Waals surface area (Å²) in [4.78, 5) is 15.1. The van der Waals surface area contributed by atoms with Crippen LogP contribution in [0.5, 0.6) is 0 Å². The Morgan fingerprint density at radius 3 is 2.47 bits per heavy atom. The molecule has 4 rings (SSSR count). The summed E-state index contributed by atoms with van der Waals surface area (Å²) in [6, 6.07) is 15.1. The molecule has 0 radical (unpaired) electrons. The number of piperidine rings is 1. The van der Waals surface area contributed by atoms with Crippen LogP contribution in [0.3, 0.4) is 0 Å². The van der Waals surface area contributed by atoms with Gasteiger partial charge < -0.3 is 14.8 Å². The number of pyridine rings is 1. The molecule has 2 heterocycles. The number of aryl methyl sites for hydroxylation is 1. The van der Waals surface area contributed by atoms with Gasteiger partial charge in [0.25, 0.3) is 5.56 Å². The third-order valence-electron chi connectivity index (χ3n) is 6.93. The number of anilines is 1. The Balaban J connectivity index is 1.85. The lowest BCUT2D eigenvalue weighted by Gasteiger charge is -2.49. The van der Waals surface area contributed by atoms with Gasteiger partial charge in [-0.1, -0.05) is 29.8 Å². The summed E-state index contributed by atoms with van der Waals surface area (Å²) < 4.78 is 1.63. The van der Waals surface area contributed by atoms with Gasteiger partial charge >= 0.3 is 0 Å². The van der Waals surface area contributed by atoms with Crippen molar-refractivity contribution in [2.45, 2.75) is 51.2 Å². The number of aromatic nitrogens is 1. The molecule has 1 saturated heterocycles. The van der Waals surface area contributed by atoms with E-state index in [1.807, 2.05) is 36.5 Å². The van der Waals surface area contributed by atoms with Crippen molar-refractivity contribution in [3.05, 3.63) is 75.2 Å². The largest absolute Gasteiger partial charge is 0.375 e. The zero-order chi connectivity index (χ0) is 21.6. The molecular formula is C25H30ClN3O. The summed E-state index contributed by atoms with van der Waals surface area (Å²) in [5.41, 5.74) is 3.09. The van der Waals surface area contributed by atoms with Crippen LogP contribution in [0.4, 0.5) is 5.69 Å². The van der Waals surface area contributed by atoms with Crippen molar-refractivity contribution in [2.24, 2.45) is 7.05 Å². The molecule has 0 bridgehead atoms. The monoisotopic (exact) mass is 423 g/mol. The van der Waals surface area contributed by atoms with E-state index < -0.39 is 0 Å².